The average Bonchev–Trinajstić information content (AvgIpc) is 3.33. The maximum Gasteiger partial charge on any atom is 0.337 e. The maximum absolute atomic E-state index is 12.3. The first-order valence-corrected chi connectivity index (χ1v) is 8.65. The normalized spacial score (nSPS) is 16.2. The van der Waals surface area contributed by atoms with Crippen LogP contribution in [0.15, 0.2) is 41.8 Å². The van der Waals surface area contributed by atoms with Gasteiger partial charge in [-0.05, 0) is 54.5 Å². The fraction of sp³-hybridized carbons (Fsp3) is 0.333. The van der Waals surface area contributed by atoms with E-state index in [1.807, 2.05) is 17.5 Å². The summed E-state index contributed by atoms with van der Waals surface area (Å²) in [6.07, 6.45) is 1.94. The molecule has 1 amide bonds. The number of aliphatic hydroxyl groups is 1. The fourth-order valence-electron chi connectivity index (χ4n) is 2.71. The molecule has 1 aliphatic carbocycles. The van der Waals surface area contributed by atoms with E-state index >= 15 is 0 Å². The minimum absolute atomic E-state index is 0.176. The molecular formula is C18H19NO4S. The first-order valence-electron chi connectivity index (χ1n) is 7.77. The molecule has 2 aromatic rings. The zero-order valence-corrected chi connectivity index (χ0v) is 14.1. The van der Waals surface area contributed by atoms with Crippen molar-refractivity contribution in [2.45, 2.75) is 18.4 Å². The lowest BCUT2D eigenvalue weighted by Crippen LogP contribution is -2.42. The molecule has 24 heavy (non-hydrogen) atoms. The van der Waals surface area contributed by atoms with E-state index in [-0.39, 0.29) is 18.4 Å². The van der Waals surface area contributed by atoms with Crippen molar-refractivity contribution in [1.29, 1.82) is 0 Å². The van der Waals surface area contributed by atoms with Crippen LogP contribution >= 0.6 is 11.3 Å². The van der Waals surface area contributed by atoms with Gasteiger partial charge in [-0.1, -0.05) is 6.07 Å². The summed E-state index contributed by atoms with van der Waals surface area (Å²) in [4.78, 5) is 24.6. The zero-order chi connectivity index (χ0) is 17.2. The lowest BCUT2D eigenvalue weighted by Gasteiger charge is -2.27. The highest BCUT2D eigenvalue weighted by Gasteiger charge is 2.45. The van der Waals surface area contributed by atoms with Crippen LogP contribution in [0.1, 0.15) is 38.4 Å². The number of esters is 1. The van der Waals surface area contributed by atoms with E-state index in [2.05, 4.69) is 10.1 Å². The highest BCUT2D eigenvalue weighted by Crippen LogP contribution is 2.46. The van der Waals surface area contributed by atoms with E-state index in [0.29, 0.717) is 11.1 Å². The predicted octanol–water partition coefficient (Wildman–Crippen LogP) is 2.56. The molecule has 0 saturated heterocycles. The number of rotatable bonds is 6. The Morgan fingerprint density at radius 1 is 1.25 bits per heavy atom. The standard InChI is InChI=1S/C18H19NO4S/c1-23-17(21)13-6-4-12(5-7-13)16(20)19-11-18(22,14-8-9-14)15-3-2-10-24-15/h2-7,10,14,22H,8-9,11H2,1H3,(H,19,20). The average molecular weight is 345 g/mol. The van der Waals surface area contributed by atoms with Crippen molar-refractivity contribution in [1.82, 2.24) is 5.32 Å². The van der Waals surface area contributed by atoms with Crippen molar-refractivity contribution in [2.75, 3.05) is 13.7 Å². The van der Waals surface area contributed by atoms with Crippen LogP contribution in [-0.4, -0.2) is 30.6 Å². The van der Waals surface area contributed by atoms with Gasteiger partial charge in [-0.15, -0.1) is 11.3 Å². The van der Waals surface area contributed by atoms with E-state index in [9.17, 15) is 14.7 Å². The lowest BCUT2D eigenvalue weighted by atomic mass is 9.95. The molecule has 1 atom stereocenters. The van der Waals surface area contributed by atoms with Gasteiger partial charge in [0, 0.05) is 10.4 Å². The number of carbonyl (C=O) groups is 2. The number of hydrogen-bond donors (Lipinski definition) is 2. The predicted molar refractivity (Wildman–Crippen MR) is 91.1 cm³/mol. The third-order valence-electron chi connectivity index (χ3n) is 4.29. The molecule has 1 fully saturated rings. The van der Waals surface area contributed by atoms with E-state index in [1.54, 1.807) is 24.3 Å². The summed E-state index contributed by atoms with van der Waals surface area (Å²) in [7, 11) is 1.31. The van der Waals surface area contributed by atoms with Crippen LogP contribution in [0.2, 0.25) is 0 Å². The van der Waals surface area contributed by atoms with E-state index in [4.69, 9.17) is 0 Å². The zero-order valence-electron chi connectivity index (χ0n) is 13.3. The number of thiophene rings is 1. The molecule has 1 unspecified atom stereocenters. The third kappa shape index (κ3) is 3.34. The molecular weight excluding hydrogens is 326 g/mol. The Morgan fingerprint density at radius 3 is 2.46 bits per heavy atom. The summed E-state index contributed by atoms with van der Waals surface area (Å²) in [5.74, 6) is -0.525. The number of ether oxygens (including phenoxy) is 1. The Labute approximate surface area is 144 Å². The molecule has 0 aliphatic heterocycles. The van der Waals surface area contributed by atoms with Gasteiger partial charge in [-0.25, -0.2) is 4.79 Å². The molecule has 1 saturated carbocycles. The highest BCUT2D eigenvalue weighted by atomic mass is 32.1. The minimum atomic E-state index is -1.00. The van der Waals surface area contributed by atoms with Gasteiger partial charge in [0.05, 0.1) is 19.2 Å². The van der Waals surface area contributed by atoms with Crippen LogP contribution in [0.25, 0.3) is 0 Å². The third-order valence-corrected chi connectivity index (χ3v) is 5.32. The van der Waals surface area contributed by atoms with Crippen LogP contribution in [0.4, 0.5) is 0 Å². The largest absolute Gasteiger partial charge is 0.465 e. The molecule has 1 heterocycles. The number of benzene rings is 1. The summed E-state index contributed by atoms with van der Waals surface area (Å²) in [6, 6.07) is 10.0. The van der Waals surface area contributed by atoms with Gasteiger partial charge >= 0.3 is 5.97 Å². The lowest BCUT2D eigenvalue weighted by molar-refractivity contribution is 0.0169. The Balaban J connectivity index is 1.67. The summed E-state index contributed by atoms with van der Waals surface area (Å²) in [6.45, 7) is 0.176. The molecule has 6 heteroatoms. The number of carbonyl (C=O) groups excluding carboxylic acids is 2. The van der Waals surface area contributed by atoms with Crippen molar-refractivity contribution in [3.05, 3.63) is 57.8 Å². The molecule has 0 spiro atoms. The number of methoxy groups -OCH3 is 1. The van der Waals surface area contributed by atoms with Crippen molar-refractivity contribution in [3.63, 3.8) is 0 Å². The molecule has 1 aliphatic rings. The summed E-state index contributed by atoms with van der Waals surface area (Å²) in [5.41, 5.74) is -0.176. The second-order valence-electron chi connectivity index (χ2n) is 5.93. The molecule has 1 aromatic heterocycles. The Hall–Kier alpha value is -2.18. The second-order valence-corrected chi connectivity index (χ2v) is 6.88. The van der Waals surface area contributed by atoms with Crippen molar-refractivity contribution < 1.29 is 19.4 Å². The van der Waals surface area contributed by atoms with Crippen LogP contribution in [0, 0.1) is 5.92 Å². The number of amides is 1. The second kappa shape index (κ2) is 6.75. The van der Waals surface area contributed by atoms with Gasteiger partial charge in [0.15, 0.2) is 0 Å². The van der Waals surface area contributed by atoms with Crippen LogP contribution in [0.3, 0.4) is 0 Å². The Morgan fingerprint density at radius 2 is 1.92 bits per heavy atom. The summed E-state index contributed by atoms with van der Waals surface area (Å²) in [5, 5.41) is 15.7. The van der Waals surface area contributed by atoms with Crippen molar-refractivity contribution >= 4 is 23.2 Å². The van der Waals surface area contributed by atoms with Gasteiger partial charge in [0.2, 0.25) is 0 Å². The van der Waals surface area contributed by atoms with Crippen molar-refractivity contribution in [3.8, 4) is 0 Å². The molecule has 0 radical (unpaired) electrons. The van der Waals surface area contributed by atoms with Gasteiger partial charge in [0.1, 0.15) is 5.60 Å². The maximum atomic E-state index is 12.3. The summed E-state index contributed by atoms with van der Waals surface area (Å²) < 4.78 is 4.63. The van der Waals surface area contributed by atoms with Gasteiger partial charge < -0.3 is 15.2 Å². The monoisotopic (exact) mass is 345 g/mol. The quantitative estimate of drug-likeness (QED) is 0.789. The highest BCUT2D eigenvalue weighted by molar-refractivity contribution is 7.10. The molecule has 2 N–H and O–H groups in total. The minimum Gasteiger partial charge on any atom is -0.465 e. The SMILES string of the molecule is COC(=O)c1ccc(C(=O)NCC(O)(c2cccs2)C2CC2)cc1. The Bertz CT molecular complexity index is 722. The first kappa shape index (κ1) is 16.7. The number of nitrogens with one attached hydrogen (secondary N) is 1. The molecule has 3 rings (SSSR count). The number of hydrogen-bond acceptors (Lipinski definition) is 5. The van der Waals surface area contributed by atoms with E-state index < -0.39 is 11.6 Å². The smallest absolute Gasteiger partial charge is 0.337 e. The van der Waals surface area contributed by atoms with Gasteiger partial charge in [0.25, 0.3) is 5.91 Å². The van der Waals surface area contributed by atoms with Gasteiger partial charge in [-0.2, -0.15) is 0 Å². The van der Waals surface area contributed by atoms with Crippen molar-refractivity contribution in [2.24, 2.45) is 5.92 Å². The first-order chi connectivity index (χ1) is 11.5. The Kier molecular flexibility index (Phi) is 4.69. The van der Waals surface area contributed by atoms with Crippen LogP contribution in [-0.2, 0) is 10.3 Å². The molecule has 5 nitrogen and oxygen atoms in total. The van der Waals surface area contributed by atoms with Gasteiger partial charge in [-0.3, -0.25) is 4.79 Å². The van der Waals surface area contributed by atoms with Crippen LogP contribution < -0.4 is 5.32 Å². The van der Waals surface area contributed by atoms with E-state index in [1.165, 1.54) is 18.4 Å². The fourth-order valence-corrected chi connectivity index (χ4v) is 3.61. The van der Waals surface area contributed by atoms with Crippen LogP contribution in [0.5, 0.6) is 0 Å². The van der Waals surface area contributed by atoms with E-state index in [0.717, 1.165) is 17.7 Å². The topological polar surface area (TPSA) is 75.6 Å². The molecule has 0 bridgehead atoms. The molecule has 1 aromatic carbocycles. The summed E-state index contributed by atoms with van der Waals surface area (Å²) >= 11 is 1.50. The molecule has 126 valence electrons.